The molecule has 0 aromatic carbocycles. The Labute approximate surface area is 158 Å². The molecule has 1 N–H and O–H groups in total. The Kier molecular flexibility index (Phi) is 3.96. The van der Waals surface area contributed by atoms with Crippen molar-refractivity contribution in [3.8, 4) is 0 Å². The third-order valence-corrected chi connectivity index (χ3v) is 9.57. The monoisotopic (exact) mass is 360 g/mol. The van der Waals surface area contributed by atoms with E-state index in [0.29, 0.717) is 16.7 Å². The summed E-state index contributed by atoms with van der Waals surface area (Å²) in [4.78, 5) is 0. The van der Waals surface area contributed by atoms with E-state index in [2.05, 4.69) is 26.8 Å². The summed E-state index contributed by atoms with van der Waals surface area (Å²) in [6, 6.07) is 0. The molecule has 0 spiro atoms. The molecule has 146 valence electrons. The minimum Gasteiger partial charge on any atom is -0.393 e. The first-order chi connectivity index (χ1) is 12.4. The van der Waals surface area contributed by atoms with Crippen molar-refractivity contribution in [2.24, 2.45) is 34.5 Å². The SMILES string of the molecule is CC1([C@@H]2CC[C@@H]3[C@H]4CC=C5C[C@@H](O)CC[C@]5(C)[C@@H]4CC[C@]32C)OCCO1. The predicted molar refractivity (Wildman–Crippen MR) is 102 cm³/mol. The number of ether oxygens (including phenoxy) is 2. The molecule has 0 bridgehead atoms. The quantitative estimate of drug-likeness (QED) is 0.690. The highest BCUT2D eigenvalue weighted by molar-refractivity contribution is 5.25. The fraction of sp³-hybridized carbons (Fsp3) is 0.913. The predicted octanol–water partition coefficient (Wildman–Crippen LogP) is 4.69. The number of allylic oxidation sites excluding steroid dienone is 1. The summed E-state index contributed by atoms with van der Waals surface area (Å²) in [7, 11) is 0. The van der Waals surface area contributed by atoms with Gasteiger partial charge in [-0.3, -0.25) is 0 Å². The second-order valence-corrected chi connectivity index (χ2v) is 10.5. The molecule has 0 aromatic heterocycles. The zero-order valence-corrected chi connectivity index (χ0v) is 16.8. The maximum atomic E-state index is 10.2. The number of fused-ring (bicyclic) bond motifs is 5. The van der Waals surface area contributed by atoms with E-state index in [0.717, 1.165) is 43.8 Å². The lowest BCUT2D eigenvalue weighted by Gasteiger charge is -2.58. The molecule has 5 rings (SSSR count). The van der Waals surface area contributed by atoms with Crippen molar-refractivity contribution < 1.29 is 14.6 Å². The molecule has 7 atom stereocenters. The Morgan fingerprint density at radius 3 is 2.50 bits per heavy atom. The second-order valence-electron chi connectivity index (χ2n) is 10.5. The van der Waals surface area contributed by atoms with Crippen LogP contribution in [0.25, 0.3) is 0 Å². The third kappa shape index (κ3) is 2.29. The van der Waals surface area contributed by atoms with Gasteiger partial charge < -0.3 is 14.6 Å². The van der Waals surface area contributed by atoms with Gasteiger partial charge in [0, 0.05) is 5.92 Å². The van der Waals surface area contributed by atoms with Gasteiger partial charge >= 0.3 is 0 Å². The molecule has 5 aliphatic rings. The van der Waals surface area contributed by atoms with Gasteiger partial charge in [-0.05, 0) is 86.9 Å². The normalized spacial score (nSPS) is 52.8. The first-order valence-electron chi connectivity index (χ1n) is 11.0. The van der Waals surface area contributed by atoms with Crippen molar-refractivity contribution in [3.63, 3.8) is 0 Å². The fourth-order valence-corrected chi connectivity index (χ4v) is 8.23. The van der Waals surface area contributed by atoms with Crippen molar-refractivity contribution in [1.82, 2.24) is 0 Å². The topological polar surface area (TPSA) is 38.7 Å². The van der Waals surface area contributed by atoms with Crippen LogP contribution in [0.5, 0.6) is 0 Å². The van der Waals surface area contributed by atoms with Gasteiger partial charge in [0.2, 0.25) is 0 Å². The van der Waals surface area contributed by atoms with Gasteiger partial charge in [-0.25, -0.2) is 0 Å². The zero-order valence-electron chi connectivity index (χ0n) is 16.8. The molecule has 3 heteroatoms. The highest BCUT2D eigenvalue weighted by Crippen LogP contribution is 2.68. The van der Waals surface area contributed by atoms with Crippen LogP contribution in [0.1, 0.15) is 72.1 Å². The van der Waals surface area contributed by atoms with E-state index in [1.165, 1.54) is 38.5 Å². The van der Waals surface area contributed by atoms with Gasteiger partial charge in [0.1, 0.15) is 0 Å². The number of hydrogen-bond acceptors (Lipinski definition) is 3. The summed E-state index contributed by atoms with van der Waals surface area (Å²) in [5.41, 5.74) is 2.27. The molecule has 3 nitrogen and oxygen atoms in total. The van der Waals surface area contributed by atoms with E-state index in [1.54, 1.807) is 5.57 Å². The summed E-state index contributed by atoms with van der Waals surface area (Å²) in [5, 5.41) is 10.2. The Morgan fingerprint density at radius 2 is 1.73 bits per heavy atom. The average Bonchev–Trinajstić information content (AvgIpc) is 3.19. The summed E-state index contributed by atoms with van der Waals surface area (Å²) in [5.74, 6) is 2.61. The van der Waals surface area contributed by atoms with Crippen LogP contribution >= 0.6 is 0 Å². The largest absolute Gasteiger partial charge is 0.393 e. The number of hydrogen-bond donors (Lipinski definition) is 1. The molecule has 0 unspecified atom stereocenters. The first-order valence-corrected chi connectivity index (χ1v) is 11.0. The van der Waals surface area contributed by atoms with E-state index >= 15 is 0 Å². The van der Waals surface area contributed by atoms with Crippen LogP contribution in [0.2, 0.25) is 0 Å². The van der Waals surface area contributed by atoms with Crippen molar-refractivity contribution in [2.75, 3.05) is 13.2 Å². The molecule has 1 heterocycles. The standard InChI is InChI=1S/C23H36O3/c1-21-10-8-16(24)14-15(21)4-5-17-18-6-7-20(23(3)25-12-13-26-23)22(18,2)11-9-19(17)21/h4,16-20,24H,5-14H2,1-3H3/t16-,17+,18+,19+,20+,21-,22+/m0/s1. The molecule has 4 fully saturated rings. The van der Waals surface area contributed by atoms with E-state index in [-0.39, 0.29) is 11.9 Å². The number of aliphatic hydroxyl groups is 1. The lowest BCUT2D eigenvalue weighted by atomic mass is 9.47. The van der Waals surface area contributed by atoms with Crippen molar-refractivity contribution >= 4 is 0 Å². The van der Waals surface area contributed by atoms with Crippen molar-refractivity contribution in [3.05, 3.63) is 11.6 Å². The summed E-state index contributed by atoms with van der Waals surface area (Å²) in [6.45, 7) is 8.78. The number of aliphatic hydroxyl groups excluding tert-OH is 1. The summed E-state index contributed by atoms with van der Waals surface area (Å²) < 4.78 is 12.3. The molecular weight excluding hydrogens is 324 g/mol. The summed E-state index contributed by atoms with van der Waals surface area (Å²) >= 11 is 0. The van der Waals surface area contributed by atoms with Crippen molar-refractivity contribution in [2.45, 2.75) is 84.0 Å². The first kappa shape index (κ1) is 17.7. The van der Waals surface area contributed by atoms with Gasteiger partial charge in [-0.1, -0.05) is 25.5 Å². The van der Waals surface area contributed by atoms with Crippen LogP contribution in [0.3, 0.4) is 0 Å². The highest BCUT2D eigenvalue weighted by Gasteiger charge is 2.62. The van der Waals surface area contributed by atoms with Crippen LogP contribution < -0.4 is 0 Å². The molecule has 1 saturated heterocycles. The molecule has 1 aliphatic heterocycles. The Bertz CT molecular complexity index is 607. The highest BCUT2D eigenvalue weighted by atomic mass is 16.7. The lowest BCUT2D eigenvalue weighted by molar-refractivity contribution is -0.214. The maximum Gasteiger partial charge on any atom is 0.169 e. The minimum absolute atomic E-state index is 0.104. The Hall–Kier alpha value is -0.380. The fourth-order valence-electron chi connectivity index (χ4n) is 8.23. The number of rotatable bonds is 1. The third-order valence-electron chi connectivity index (χ3n) is 9.57. The molecular formula is C23H36O3. The molecule has 0 aromatic rings. The van der Waals surface area contributed by atoms with E-state index in [9.17, 15) is 5.11 Å². The van der Waals surface area contributed by atoms with E-state index < -0.39 is 0 Å². The lowest BCUT2D eigenvalue weighted by Crippen LogP contribution is -2.53. The smallest absolute Gasteiger partial charge is 0.169 e. The second kappa shape index (κ2) is 5.81. The van der Waals surface area contributed by atoms with E-state index in [1.807, 2.05) is 0 Å². The van der Waals surface area contributed by atoms with Gasteiger partial charge in [0.25, 0.3) is 0 Å². The zero-order chi connectivity index (χ0) is 18.2. The Balaban J connectivity index is 1.45. The van der Waals surface area contributed by atoms with Crippen LogP contribution in [-0.2, 0) is 9.47 Å². The molecule has 0 amide bonds. The van der Waals surface area contributed by atoms with Crippen LogP contribution in [-0.4, -0.2) is 30.2 Å². The molecule has 0 radical (unpaired) electrons. The van der Waals surface area contributed by atoms with Crippen molar-refractivity contribution in [1.29, 1.82) is 0 Å². The van der Waals surface area contributed by atoms with Crippen LogP contribution in [0.15, 0.2) is 11.6 Å². The summed E-state index contributed by atoms with van der Waals surface area (Å²) in [6.07, 6.45) is 12.0. The van der Waals surface area contributed by atoms with Gasteiger partial charge in [0.05, 0.1) is 19.3 Å². The van der Waals surface area contributed by atoms with Crippen LogP contribution in [0.4, 0.5) is 0 Å². The minimum atomic E-state index is -0.356. The van der Waals surface area contributed by atoms with Crippen LogP contribution in [0, 0.1) is 34.5 Å². The molecule has 26 heavy (non-hydrogen) atoms. The maximum absolute atomic E-state index is 10.2. The van der Waals surface area contributed by atoms with Gasteiger partial charge in [0.15, 0.2) is 5.79 Å². The Morgan fingerprint density at radius 1 is 0.962 bits per heavy atom. The average molecular weight is 361 g/mol. The molecule has 4 aliphatic carbocycles. The van der Waals surface area contributed by atoms with E-state index in [4.69, 9.17) is 9.47 Å². The van der Waals surface area contributed by atoms with Gasteiger partial charge in [-0.15, -0.1) is 0 Å². The van der Waals surface area contributed by atoms with Gasteiger partial charge in [-0.2, -0.15) is 0 Å². The molecule has 3 saturated carbocycles.